The Morgan fingerprint density at radius 1 is 1.50 bits per heavy atom. The van der Waals surface area contributed by atoms with Crippen LogP contribution in [0.25, 0.3) is 0 Å². The fraction of sp³-hybridized carbons (Fsp3) is 0.500. The number of rotatable bonds is 2. The van der Waals surface area contributed by atoms with Gasteiger partial charge in [0.05, 0.1) is 28.5 Å². The van der Waals surface area contributed by atoms with Gasteiger partial charge < -0.3 is 5.32 Å². The summed E-state index contributed by atoms with van der Waals surface area (Å²) in [6.45, 7) is 3.63. The summed E-state index contributed by atoms with van der Waals surface area (Å²) in [5.74, 6) is 0.355. The van der Waals surface area contributed by atoms with Crippen LogP contribution in [0.5, 0.6) is 0 Å². The monoisotopic (exact) mass is 265 g/mol. The van der Waals surface area contributed by atoms with Crippen molar-refractivity contribution in [3.05, 3.63) is 23.0 Å². The smallest absolute Gasteiger partial charge is 0.152 e. The Morgan fingerprint density at radius 3 is 2.78 bits per heavy atom. The van der Waals surface area contributed by atoms with Gasteiger partial charge in [-0.05, 0) is 26.3 Å². The van der Waals surface area contributed by atoms with E-state index in [1.165, 1.54) is 0 Å². The van der Waals surface area contributed by atoms with Crippen LogP contribution in [0.3, 0.4) is 0 Å². The van der Waals surface area contributed by atoms with Crippen molar-refractivity contribution in [1.29, 1.82) is 5.26 Å². The fourth-order valence-electron chi connectivity index (χ4n) is 2.21. The van der Waals surface area contributed by atoms with Crippen LogP contribution in [0.4, 0.5) is 5.69 Å². The number of hydrogen-bond acceptors (Lipinski definition) is 5. The summed E-state index contributed by atoms with van der Waals surface area (Å²) in [5.41, 5.74) is 2.66. The lowest BCUT2D eigenvalue weighted by Crippen LogP contribution is -2.21. The van der Waals surface area contributed by atoms with Gasteiger partial charge >= 0.3 is 0 Å². The van der Waals surface area contributed by atoms with Gasteiger partial charge in [-0.15, -0.1) is 0 Å². The van der Waals surface area contributed by atoms with Crippen LogP contribution in [-0.4, -0.2) is 30.9 Å². The number of nitrogens with zero attached hydrogens (tertiary/aromatic N) is 2. The molecular weight excluding hydrogens is 250 g/mol. The standard InChI is InChI=1S/C12H15N3O2S/c1-8-5-12(11(6-13)9(2)14-8)15-10-3-4-18(16,17)7-10/h5,10H,3-4,7H2,1-2H3,(H,14,15). The average molecular weight is 265 g/mol. The average Bonchev–Trinajstić information content (AvgIpc) is 2.57. The maximum Gasteiger partial charge on any atom is 0.152 e. The minimum atomic E-state index is -2.92. The lowest BCUT2D eigenvalue weighted by atomic mass is 10.1. The van der Waals surface area contributed by atoms with Crippen LogP contribution in [-0.2, 0) is 9.84 Å². The number of aromatic nitrogens is 1. The topological polar surface area (TPSA) is 82.9 Å². The first kappa shape index (κ1) is 12.8. The van der Waals surface area contributed by atoms with E-state index in [9.17, 15) is 8.42 Å². The summed E-state index contributed by atoms with van der Waals surface area (Å²) < 4.78 is 22.8. The second-order valence-corrected chi connectivity index (χ2v) is 6.86. The first-order valence-electron chi connectivity index (χ1n) is 5.76. The number of aryl methyl sites for hydroxylation is 2. The molecule has 96 valence electrons. The largest absolute Gasteiger partial charge is 0.380 e. The van der Waals surface area contributed by atoms with Crippen LogP contribution < -0.4 is 5.32 Å². The number of sulfone groups is 1. The van der Waals surface area contributed by atoms with Crippen LogP contribution in [0, 0.1) is 25.2 Å². The van der Waals surface area contributed by atoms with E-state index in [-0.39, 0.29) is 17.5 Å². The molecule has 1 saturated heterocycles. The maximum atomic E-state index is 11.4. The van der Waals surface area contributed by atoms with E-state index in [0.29, 0.717) is 23.4 Å². The third kappa shape index (κ3) is 2.62. The summed E-state index contributed by atoms with van der Waals surface area (Å²) >= 11 is 0. The van der Waals surface area contributed by atoms with E-state index < -0.39 is 9.84 Å². The molecule has 1 aromatic rings. The molecule has 1 fully saturated rings. The Bertz CT molecular complexity index is 617. The molecule has 1 unspecified atom stereocenters. The quantitative estimate of drug-likeness (QED) is 0.867. The van der Waals surface area contributed by atoms with Gasteiger partial charge in [0, 0.05) is 11.7 Å². The highest BCUT2D eigenvalue weighted by molar-refractivity contribution is 7.91. The van der Waals surface area contributed by atoms with E-state index in [1.54, 1.807) is 13.0 Å². The number of pyridine rings is 1. The van der Waals surface area contributed by atoms with Crippen molar-refractivity contribution in [2.24, 2.45) is 0 Å². The zero-order valence-electron chi connectivity index (χ0n) is 10.4. The van der Waals surface area contributed by atoms with Crippen molar-refractivity contribution in [2.75, 3.05) is 16.8 Å². The number of nitrogens with one attached hydrogen (secondary N) is 1. The zero-order chi connectivity index (χ0) is 13.3. The predicted molar refractivity (Wildman–Crippen MR) is 69.1 cm³/mol. The summed E-state index contributed by atoms with van der Waals surface area (Å²) in [6.07, 6.45) is 0.591. The molecule has 0 bridgehead atoms. The van der Waals surface area contributed by atoms with E-state index in [2.05, 4.69) is 16.4 Å². The lowest BCUT2D eigenvalue weighted by Gasteiger charge is -2.15. The normalized spacial score (nSPS) is 21.5. The molecule has 0 saturated carbocycles. The number of anilines is 1. The SMILES string of the molecule is Cc1cc(NC2CCS(=O)(=O)C2)c(C#N)c(C)n1. The molecule has 0 amide bonds. The maximum absolute atomic E-state index is 11.4. The van der Waals surface area contributed by atoms with Crippen LogP contribution in [0.1, 0.15) is 23.4 Å². The van der Waals surface area contributed by atoms with Gasteiger partial charge in [0.15, 0.2) is 9.84 Å². The Balaban J connectivity index is 2.28. The van der Waals surface area contributed by atoms with Crippen LogP contribution in [0.2, 0.25) is 0 Å². The molecule has 1 N–H and O–H groups in total. The van der Waals surface area contributed by atoms with Gasteiger partial charge in [-0.2, -0.15) is 5.26 Å². The van der Waals surface area contributed by atoms with E-state index in [4.69, 9.17) is 5.26 Å². The van der Waals surface area contributed by atoms with Crippen LogP contribution in [0.15, 0.2) is 6.07 Å². The molecule has 0 aliphatic carbocycles. The highest BCUT2D eigenvalue weighted by Gasteiger charge is 2.28. The molecule has 1 aromatic heterocycles. The Labute approximate surface area is 107 Å². The molecule has 1 aliphatic rings. The van der Waals surface area contributed by atoms with E-state index in [1.807, 2.05) is 6.92 Å². The Kier molecular flexibility index (Phi) is 3.26. The van der Waals surface area contributed by atoms with Crippen molar-refractivity contribution < 1.29 is 8.42 Å². The van der Waals surface area contributed by atoms with Gasteiger partial charge in [0.1, 0.15) is 6.07 Å². The van der Waals surface area contributed by atoms with E-state index in [0.717, 1.165) is 5.69 Å². The first-order valence-corrected chi connectivity index (χ1v) is 7.59. The predicted octanol–water partition coefficient (Wildman–Crippen LogP) is 1.17. The molecule has 2 heterocycles. The minimum Gasteiger partial charge on any atom is -0.380 e. The summed E-state index contributed by atoms with van der Waals surface area (Å²) in [5, 5.41) is 12.3. The van der Waals surface area contributed by atoms with Gasteiger partial charge in [-0.25, -0.2) is 8.42 Å². The van der Waals surface area contributed by atoms with Gasteiger partial charge in [0.2, 0.25) is 0 Å². The summed E-state index contributed by atoms with van der Waals surface area (Å²) in [4.78, 5) is 4.23. The second kappa shape index (κ2) is 4.58. The van der Waals surface area contributed by atoms with Crippen LogP contribution >= 0.6 is 0 Å². The van der Waals surface area contributed by atoms with Crippen molar-refractivity contribution in [3.8, 4) is 6.07 Å². The summed E-state index contributed by atoms with van der Waals surface area (Å²) in [6, 6.07) is 3.79. The van der Waals surface area contributed by atoms with Crippen molar-refractivity contribution in [3.63, 3.8) is 0 Å². The van der Waals surface area contributed by atoms with Crippen molar-refractivity contribution >= 4 is 15.5 Å². The molecule has 2 rings (SSSR count). The molecule has 0 radical (unpaired) electrons. The lowest BCUT2D eigenvalue weighted by molar-refractivity contribution is 0.602. The van der Waals surface area contributed by atoms with E-state index >= 15 is 0 Å². The zero-order valence-corrected chi connectivity index (χ0v) is 11.2. The second-order valence-electron chi connectivity index (χ2n) is 4.63. The Morgan fingerprint density at radius 2 is 2.22 bits per heavy atom. The molecule has 6 heteroatoms. The minimum absolute atomic E-state index is 0.108. The number of hydrogen-bond donors (Lipinski definition) is 1. The third-order valence-electron chi connectivity index (χ3n) is 3.03. The van der Waals surface area contributed by atoms with Gasteiger partial charge in [0.25, 0.3) is 0 Å². The first-order chi connectivity index (χ1) is 8.41. The highest BCUT2D eigenvalue weighted by atomic mass is 32.2. The summed E-state index contributed by atoms with van der Waals surface area (Å²) in [7, 11) is -2.92. The third-order valence-corrected chi connectivity index (χ3v) is 4.80. The molecule has 1 aliphatic heterocycles. The van der Waals surface area contributed by atoms with Crippen molar-refractivity contribution in [2.45, 2.75) is 26.3 Å². The van der Waals surface area contributed by atoms with Gasteiger partial charge in [-0.1, -0.05) is 0 Å². The van der Waals surface area contributed by atoms with Gasteiger partial charge in [-0.3, -0.25) is 4.98 Å². The molecule has 0 aromatic carbocycles. The Hall–Kier alpha value is -1.61. The van der Waals surface area contributed by atoms with Crippen molar-refractivity contribution in [1.82, 2.24) is 4.98 Å². The molecule has 0 spiro atoms. The molecule has 5 nitrogen and oxygen atoms in total. The number of nitriles is 1. The highest BCUT2D eigenvalue weighted by Crippen LogP contribution is 2.22. The molecular formula is C12H15N3O2S. The fourth-order valence-corrected chi connectivity index (χ4v) is 3.89. The molecule has 18 heavy (non-hydrogen) atoms. The molecule has 1 atom stereocenters.